The molecule has 118 valence electrons. The molecule has 0 spiro atoms. The van der Waals surface area contributed by atoms with Crippen LogP contribution < -0.4 is 0 Å². The van der Waals surface area contributed by atoms with Gasteiger partial charge in [0.25, 0.3) is 0 Å². The molecule has 0 bridgehead atoms. The molecule has 0 aliphatic rings. The predicted octanol–water partition coefficient (Wildman–Crippen LogP) is 1.97. The Morgan fingerprint density at radius 2 is 1.10 bits per heavy atom. The van der Waals surface area contributed by atoms with Crippen LogP contribution in [0.4, 0.5) is 0 Å². The zero-order valence-electron chi connectivity index (χ0n) is 12.5. The molecule has 0 rings (SSSR count). The fourth-order valence-electron chi connectivity index (χ4n) is 1.31. The molecule has 0 fully saturated rings. The summed E-state index contributed by atoms with van der Waals surface area (Å²) in [7, 11) is 0. The molecule has 2 N–H and O–H groups in total. The third-order valence-electron chi connectivity index (χ3n) is 2.34. The molecule has 6 nitrogen and oxygen atoms in total. The van der Waals surface area contributed by atoms with Gasteiger partial charge >= 0.3 is 0 Å². The summed E-state index contributed by atoms with van der Waals surface area (Å²) in [4.78, 5) is 30.2. The number of allylic oxidation sites excluding steroid dienone is 4. The number of carbonyl (C=O) groups is 2. The van der Waals surface area contributed by atoms with E-state index in [1.165, 1.54) is 40.1 Å². The molecular weight excluding hydrogens is 316 g/mol. The zero-order valence-corrected chi connectivity index (χ0v) is 13.6. The minimum absolute atomic E-state index is 0. The van der Waals surface area contributed by atoms with Gasteiger partial charge in [0.15, 0.2) is 11.6 Å². The number of aliphatic imine (C=N–C) groups is 2. The largest absolute Gasteiger partial charge is 0.512 e. The van der Waals surface area contributed by atoms with E-state index in [2.05, 4.69) is 9.98 Å². The first kappa shape index (κ1) is 21.6. The van der Waals surface area contributed by atoms with E-state index < -0.39 is 0 Å². The van der Waals surface area contributed by atoms with E-state index in [9.17, 15) is 19.8 Å². The number of nitrogens with zero attached hydrogens (tertiary/aromatic N) is 2. The maximum atomic E-state index is 11.1. The van der Waals surface area contributed by atoms with E-state index in [1.54, 1.807) is 0 Å². The number of hydrogen-bond donors (Lipinski definition) is 2. The van der Waals surface area contributed by atoms with Gasteiger partial charge in [-0.1, -0.05) is 0 Å². The van der Waals surface area contributed by atoms with Crippen molar-refractivity contribution in [1.29, 1.82) is 0 Å². The average molecular weight is 336 g/mol. The van der Waals surface area contributed by atoms with Crippen LogP contribution in [-0.4, -0.2) is 47.3 Å². The predicted molar refractivity (Wildman–Crippen MR) is 78.7 cm³/mol. The molecule has 0 unspecified atom stereocenters. The van der Waals surface area contributed by atoms with Crippen molar-refractivity contribution in [2.45, 2.75) is 27.7 Å². The smallest absolute Gasteiger partial charge is 0.164 e. The van der Waals surface area contributed by atoms with E-state index in [0.717, 1.165) is 0 Å². The maximum Gasteiger partial charge on any atom is 0.164 e. The van der Waals surface area contributed by atoms with Crippen molar-refractivity contribution in [2.24, 2.45) is 9.98 Å². The zero-order chi connectivity index (χ0) is 15.7. The second-order valence-electron chi connectivity index (χ2n) is 4.18. The molecule has 0 saturated heterocycles. The van der Waals surface area contributed by atoms with E-state index in [4.69, 9.17) is 0 Å². The van der Waals surface area contributed by atoms with Gasteiger partial charge in [0.05, 0.1) is 24.2 Å². The van der Waals surface area contributed by atoms with Gasteiger partial charge in [0, 0.05) is 29.5 Å². The van der Waals surface area contributed by atoms with E-state index >= 15 is 0 Å². The quantitative estimate of drug-likeness (QED) is 0.244. The van der Waals surface area contributed by atoms with E-state index in [0.29, 0.717) is 13.1 Å². The molecule has 0 amide bonds. The Kier molecular flexibility index (Phi) is 11.3. The second kappa shape index (κ2) is 11.0. The summed E-state index contributed by atoms with van der Waals surface area (Å²) in [6.45, 7) is 6.11. The standard InChI is InChI=1S/C14H20N2O4.Fe/c1-9(17)13(10(2)18)7-15-5-6-16-8-14(11(3)19)12(4)20;/h7-8,17,19H,5-6H2,1-4H3;. The summed E-state index contributed by atoms with van der Waals surface area (Å²) in [6.07, 6.45) is 2.60. The summed E-state index contributed by atoms with van der Waals surface area (Å²) in [5.74, 6) is -0.699. The van der Waals surface area contributed by atoms with Crippen molar-refractivity contribution in [3.63, 3.8) is 0 Å². The summed E-state index contributed by atoms with van der Waals surface area (Å²) in [5.41, 5.74) is 0.314. The van der Waals surface area contributed by atoms with Gasteiger partial charge in [-0.3, -0.25) is 19.6 Å². The maximum absolute atomic E-state index is 11.1. The number of rotatable bonds is 7. The Bertz CT molecular complexity index is 451. The minimum Gasteiger partial charge on any atom is -0.512 e. The minimum atomic E-state index is -0.269. The third kappa shape index (κ3) is 8.94. The van der Waals surface area contributed by atoms with Crippen LogP contribution in [0, 0.1) is 0 Å². The summed E-state index contributed by atoms with van der Waals surface area (Å²) >= 11 is 0. The summed E-state index contributed by atoms with van der Waals surface area (Å²) in [6, 6.07) is 0. The third-order valence-corrected chi connectivity index (χ3v) is 2.34. The first-order valence-electron chi connectivity index (χ1n) is 6.08. The van der Waals surface area contributed by atoms with Crippen molar-refractivity contribution >= 4 is 24.0 Å². The molecule has 0 aromatic heterocycles. The summed E-state index contributed by atoms with van der Waals surface area (Å²) < 4.78 is 0. The first-order valence-corrected chi connectivity index (χ1v) is 6.08. The summed E-state index contributed by atoms with van der Waals surface area (Å²) in [5, 5.41) is 18.5. The fraction of sp³-hybridized carbons (Fsp3) is 0.429. The Labute approximate surface area is 134 Å². The van der Waals surface area contributed by atoms with E-state index in [-0.39, 0.29) is 51.3 Å². The number of hydrogen-bond acceptors (Lipinski definition) is 6. The van der Waals surface area contributed by atoms with Crippen LogP contribution in [0.5, 0.6) is 0 Å². The van der Waals surface area contributed by atoms with Crippen molar-refractivity contribution in [3.05, 3.63) is 22.7 Å². The molecule has 0 aliphatic carbocycles. The number of carbonyl (C=O) groups excluding carboxylic acids is 2. The van der Waals surface area contributed by atoms with Gasteiger partial charge in [-0.15, -0.1) is 0 Å². The van der Waals surface area contributed by atoms with Crippen LogP contribution in [-0.2, 0) is 26.7 Å². The molecule has 0 heterocycles. The Morgan fingerprint density at radius 3 is 1.29 bits per heavy atom. The van der Waals surface area contributed by atoms with E-state index in [1.807, 2.05) is 0 Å². The van der Waals surface area contributed by atoms with Gasteiger partial charge in [-0.25, -0.2) is 0 Å². The molecule has 7 heteroatoms. The molecule has 21 heavy (non-hydrogen) atoms. The molecular formula is C14H20FeN2O4. The van der Waals surface area contributed by atoms with Crippen LogP contribution in [0.15, 0.2) is 32.6 Å². The van der Waals surface area contributed by atoms with Gasteiger partial charge in [-0.2, -0.15) is 0 Å². The first-order chi connectivity index (χ1) is 9.27. The molecule has 0 radical (unpaired) electrons. The van der Waals surface area contributed by atoms with Crippen LogP contribution in [0.2, 0.25) is 0 Å². The van der Waals surface area contributed by atoms with Gasteiger partial charge < -0.3 is 10.2 Å². The van der Waals surface area contributed by atoms with Crippen molar-refractivity contribution < 1.29 is 36.9 Å². The number of ketones is 2. The average Bonchev–Trinajstić information content (AvgIpc) is 2.30. The number of aliphatic hydroxyl groups is 2. The Morgan fingerprint density at radius 1 is 0.810 bits per heavy atom. The topological polar surface area (TPSA) is 99.3 Å². The molecule has 0 atom stereocenters. The van der Waals surface area contributed by atoms with Crippen molar-refractivity contribution in [1.82, 2.24) is 0 Å². The van der Waals surface area contributed by atoms with Crippen LogP contribution in [0.1, 0.15) is 27.7 Å². The number of aliphatic hydroxyl groups excluding tert-OH is 2. The van der Waals surface area contributed by atoms with Gasteiger partial charge in [0.1, 0.15) is 11.5 Å². The fourth-order valence-corrected chi connectivity index (χ4v) is 1.31. The second-order valence-corrected chi connectivity index (χ2v) is 4.18. The SMILES string of the molecule is CC(=O)C(C=NCCN=CC(C(C)=O)=C(C)O)=C(C)O.[Fe]. The normalized spacial score (nSPS) is 13.7. The molecule has 0 saturated carbocycles. The molecule has 0 aromatic rings. The van der Waals surface area contributed by atoms with Crippen molar-refractivity contribution in [3.8, 4) is 0 Å². The number of Topliss-reactive ketones (excluding diaryl/α,β-unsaturated/α-hetero) is 2. The Balaban J connectivity index is 0. The van der Waals surface area contributed by atoms with Crippen LogP contribution >= 0.6 is 0 Å². The van der Waals surface area contributed by atoms with Crippen LogP contribution in [0.25, 0.3) is 0 Å². The molecule has 0 aliphatic heterocycles. The van der Waals surface area contributed by atoms with Crippen LogP contribution in [0.3, 0.4) is 0 Å². The van der Waals surface area contributed by atoms with Gasteiger partial charge in [-0.05, 0) is 27.7 Å². The Hall–Kier alpha value is -1.72. The van der Waals surface area contributed by atoms with Gasteiger partial charge in [0.2, 0.25) is 0 Å². The molecule has 0 aromatic carbocycles. The van der Waals surface area contributed by atoms with Crippen molar-refractivity contribution in [2.75, 3.05) is 13.1 Å². The monoisotopic (exact) mass is 336 g/mol.